The van der Waals surface area contributed by atoms with Gasteiger partial charge in [0.2, 0.25) is 11.8 Å². The number of rotatable bonds is 9. The zero-order chi connectivity index (χ0) is 39.5. The van der Waals surface area contributed by atoms with Crippen molar-refractivity contribution in [3.63, 3.8) is 0 Å². The third kappa shape index (κ3) is 6.50. The number of hydrogen-bond donors (Lipinski definition) is 2. The highest BCUT2D eigenvalue weighted by Crippen LogP contribution is 2.35. The van der Waals surface area contributed by atoms with Crippen molar-refractivity contribution >= 4 is 63.1 Å². The van der Waals surface area contributed by atoms with Gasteiger partial charge in [-0.25, -0.2) is 19.5 Å². The zero-order valence-corrected chi connectivity index (χ0v) is 31.5. The normalized spacial score (nSPS) is 18.8. The number of nitrogens with one attached hydrogen (secondary N) is 2. The number of ether oxygens (including phenoxy) is 2. The SMILES string of the molecule is Cc1cc(Nc2ncnc3ccc(N4CCC(OC5CN(c6ccc7c(c6)C(=O)N(C6CCC(=O)NC6=O)C7=O)C5)CC4)cc23)ccc1Oc1ccn2ncnc2c1. The van der Waals surface area contributed by atoms with E-state index in [1.165, 1.54) is 6.33 Å². The van der Waals surface area contributed by atoms with E-state index in [4.69, 9.17) is 9.47 Å². The van der Waals surface area contributed by atoms with E-state index in [2.05, 4.69) is 52.6 Å². The van der Waals surface area contributed by atoms with Gasteiger partial charge in [0.25, 0.3) is 11.8 Å². The molecule has 4 aliphatic heterocycles. The van der Waals surface area contributed by atoms with Crippen molar-refractivity contribution in [3.8, 4) is 11.5 Å². The summed E-state index contributed by atoms with van der Waals surface area (Å²) < 4.78 is 14.4. The second-order valence-electron chi connectivity index (χ2n) is 15.1. The van der Waals surface area contributed by atoms with Gasteiger partial charge in [0.15, 0.2) is 5.65 Å². The number of fused-ring (bicyclic) bond motifs is 3. The number of aryl methyl sites for hydroxylation is 1. The van der Waals surface area contributed by atoms with Gasteiger partial charge in [-0.1, -0.05) is 0 Å². The van der Waals surface area contributed by atoms with E-state index in [0.717, 1.165) is 75.9 Å². The molecule has 1 atom stereocenters. The Kier molecular flexibility index (Phi) is 8.69. The minimum Gasteiger partial charge on any atom is -0.457 e. The van der Waals surface area contributed by atoms with Gasteiger partial charge in [-0.15, -0.1) is 0 Å². The van der Waals surface area contributed by atoms with Crippen molar-refractivity contribution in [3.05, 3.63) is 102 Å². The molecular formula is C42H38N10O6. The molecule has 0 bridgehead atoms. The number of benzene rings is 3. The number of carbonyl (C=O) groups excluding carboxylic acids is 4. The number of pyridine rings is 1. The molecule has 0 radical (unpaired) electrons. The van der Waals surface area contributed by atoms with Crippen LogP contribution in [0.1, 0.15) is 52.0 Å². The molecule has 3 aromatic heterocycles. The molecule has 3 aromatic carbocycles. The Bertz CT molecular complexity index is 2650. The Morgan fingerprint density at radius 2 is 1.59 bits per heavy atom. The fourth-order valence-electron chi connectivity index (χ4n) is 8.22. The van der Waals surface area contributed by atoms with E-state index in [-0.39, 0.29) is 36.2 Å². The van der Waals surface area contributed by atoms with Crippen LogP contribution in [0.2, 0.25) is 0 Å². The first kappa shape index (κ1) is 35.5. The Morgan fingerprint density at radius 1 is 0.776 bits per heavy atom. The molecule has 6 aromatic rings. The van der Waals surface area contributed by atoms with Gasteiger partial charge in [-0.05, 0) is 92.4 Å². The molecule has 0 saturated carbocycles. The lowest BCUT2D eigenvalue weighted by Gasteiger charge is -2.44. The van der Waals surface area contributed by atoms with Crippen LogP contribution in [0.15, 0.2) is 85.6 Å². The molecule has 0 aliphatic carbocycles. The summed E-state index contributed by atoms with van der Waals surface area (Å²) in [5.74, 6) is 0.110. The summed E-state index contributed by atoms with van der Waals surface area (Å²) in [5, 5.41) is 10.8. The Balaban J connectivity index is 0.739. The van der Waals surface area contributed by atoms with Crippen LogP contribution < -0.4 is 25.2 Å². The summed E-state index contributed by atoms with van der Waals surface area (Å²) in [6, 6.07) is 20.1. The molecule has 16 heteroatoms. The number of nitrogens with zero attached hydrogens (tertiary/aromatic N) is 8. The molecule has 2 N–H and O–H groups in total. The molecule has 292 valence electrons. The monoisotopic (exact) mass is 778 g/mol. The number of hydrogen-bond acceptors (Lipinski definition) is 13. The Labute approximate surface area is 331 Å². The van der Waals surface area contributed by atoms with Crippen molar-refractivity contribution in [1.82, 2.24) is 34.8 Å². The summed E-state index contributed by atoms with van der Waals surface area (Å²) in [6.45, 7) is 5.04. The quantitative estimate of drug-likeness (QED) is 0.192. The lowest BCUT2D eigenvalue weighted by Crippen LogP contribution is -2.54. The molecule has 1 unspecified atom stereocenters. The summed E-state index contributed by atoms with van der Waals surface area (Å²) in [7, 11) is 0. The van der Waals surface area contributed by atoms with Gasteiger partial charge in [-0.2, -0.15) is 5.10 Å². The summed E-state index contributed by atoms with van der Waals surface area (Å²) in [4.78, 5) is 69.3. The van der Waals surface area contributed by atoms with Crippen LogP contribution >= 0.6 is 0 Å². The fraction of sp³-hybridized carbons (Fsp3) is 0.286. The predicted molar refractivity (Wildman–Crippen MR) is 212 cm³/mol. The smallest absolute Gasteiger partial charge is 0.262 e. The van der Waals surface area contributed by atoms with Crippen LogP contribution in [0.5, 0.6) is 11.5 Å². The molecule has 10 rings (SSSR count). The van der Waals surface area contributed by atoms with E-state index >= 15 is 0 Å². The van der Waals surface area contributed by atoms with Crippen LogP contribution in [-0.2, 0) is 14.3 Å². The summed E-state index contributed by atoms with van der Waals surface area (Å²) in [6.07, 6.45) is 7.06. The average molecular weight is 779 g/mol. The molecule has 3 saturated heterocycles. The van der Waals surface area contributed by atoms with E-state index in [1.54, 1.807) is 23.0 Å². The first-order valence-corrected chi connectivity index (χ1v) is 19.3. The van der Waals surface area contributed by atoms with Crippen molar-refractivity contribution in [2.45, 2.75) is 50.9 Å². The maximum absolute atomic E-state index is 13.3. The van der Waals surface area contributed by atoms with Crippen molar-refractivity contribution < 1.29 is 28.7 Å². The molecule has 0 spiro atoms. The Hall–Kier alpha value is -6.94. The zero-order valence-electron chi connectivity index (χ0n) is 31.5. The molecule has 4 aliphatic rings. The van der Waals surface area contributed by atoms with E-state index in [1.807, 2.05) is 55.6 Å². The van der Waals surface area contributed by atoms with Crippen molar-refractivity contribution in [1.29, 1.82) is 0 Å². The van der Waals surface area contributed by atoms with Gasteiger partial charge < -0.3 is 24.6 Å². The molecule has 16 nitrogen and oxygen atoms in total. The topological polar surface area (TPSA) is 176 Å². The van der Waals surface area contributed by atoms with Crippen molar-refractivity contribution in [2.24, 2.45) is 0 Å². The highest BCUT2D eigenvalue weighted by molar-refractivity contribution is 6.23. The highest BCUT2D eigenvalue weighted by Gasteiger charge is 2.45. The van der Waals surface area contributed by atoms with Gasteiger partial charge in [0.1, 0.15) is 36.0 Å². The first-order valence-electron chi connectivity index (χ1n) is 19.3. The van der Waals surface area contributed by atoms with Crippen LogP contribution in [0.25, 0.3) is 16.6 Å². The minimum absolute atomic E-state index is 0.0574. The number of anilines is 4. The third-order valence-corrected chi connectivity index (χ3v) is 11.4. The van der Waals surface area contributed by atoms with E-state index in [9.17, 15) is 19.2 Å². The summed E-state index contributed by atoms with van der Waals surface area (Å²) in [5.41, 5.74) is 5.88. The van der Waals surface area contributed by atoms with Crippen LogP contribution in [0.4, 0.5) is 22.9 Å². The first-order chi connectivity index (χ1) is 28.2. The minimum atomic E-state index is -0.985. The van der Waals surface area contributed by atoms with Crippen LogP contribution in [-0.4, -0.2) is 97.5 Å². The molecule has 3 fully saturated rings. The number of imide groups is 2. The predicted octanol–water partition coefficient (Wildman–Crippen LogP) is 4.79. The second kappa shape index (κ2) is 14.2. The molecular weight excluding hydrogens is 741 g/mol. The molecule has 4 amide bonds. The van der Waals surface area contributed by atoms with Gasteiger partial charge in [0.05, 0.1) is 28.9 Å². The average Bonchev–Trinajstić information content (AvgIpc) is 3.78. The van der Waals surface area contributed by atoms with Gasteiger partial charge in [-0.3, -0.25) is 29.4 Å². The highest BCUT2D eigenvalue weighted by atomic mass is 16.5. The molecule has 7 heterocycles. The maximum atomic E-state index is 13.3. The van der Waals surface area contributed by atoms with Gasteiger partial charge >= 0.3 is 0 Å². The second-order valence-corrected chi connectivity index (χ2v) is 15.1. The molecule has 58 heavy (non-hydrogen) atoms. The van der Waals surface area contributed by atoms with Gasteiger partial charge in [0, 0.05) is 67.3 Å². The number of aromatic nitrogens is 5. The van der Waals surface area contributed by atoms with Crippen LogP contribution in [0.3, 0.4) is 0 Å². The number of amides is 4. The maximum Gasteiger partial charge on any atom is 0.262 e. The van der Waals surface area contributed by atoms with E-state index in [0.29, 0.717) is 24.5 Å². The van der Waals surface area contributed by atoms with Crippen LogP contribution in [0, 0.1) is 6.92 Å². The summed E-state index contributed by atoms with van der Waals surface area (Å²) >= 11 is 0. The fourth-order valence-corrected chi connectivity index (χ4v) is 8.22. The Morgan fingerprint density at radius 3 is 2.41 bits per heavy atom. The standard InChI is InChI=1S/C42H38N10O6/c1-24-16-25(2-8-36(24)58-29-12-15-51-37(19-29)44-23-46-51)47-39-33-18-26(4-6-34(33)43-22-45-39)49-13-10-28(11-14-49)57-30-20-50(21-30)27-3-5-31-32(17-27)42(56)52(41(31)55)35-7-9-38(53)48-40(35)54/h2-6,8,12,15-19,22-23,28,30,35H,7,9-11,13-14,20-21H2,1H3,(H,43,45,47)(H,48,53,54). The largest absolute Gasteiger partial charge is 0.457 e. The number of carbonyl (C=O) groups is 4. The number of piperidine rings is 2. The van der Waals surface area contributed by atoms with Crippen molar-refractivity contribution in [2.75, 3.05) is 41.3 Å². The lowest BCUT2D eigenvalue weighted by atomic mass is 10.0. The lowest BCUT2D eigenvalue weighted by molar-refractivity contribution is -0.136. The van der Waals surface area contributed by atoms with E-state index < -0.39 is 29.7 Å². The third-order valence-electron chi connectivity index (χ3n) is 11.4.